The number of nitrogens with one attached hydrogen (secondary N) is 1. The molecule has 1 aromatic heterocycles. The molecule has 1 N–H and O–H groups in total. The third kappa shape index (κ3) is 5.99. The fourth-order valence-corrected chi connectivity index (χ4v) is 2.72. The van der Waals surface area contributed by atoms with Crippen LogP contribution in [0.2, 0.25) is 0 Å². The van der Waals surface area contributed by atoms with Gasteiger partial charge in [-0.05, 0) is 44.7 Å². The number of hydrogen-bond acceptors (Lipinski definition) is 6. The van der Waals surface area contributed by atoms with Crippen molar-refractivity contribution >= 4 is 23.0 Å². The summed E-state index contributed by atoms with van der Waals surface area (Å²) in [6, 6.07) is 6.93. The third-order valence-corrected chi connectivity index (χ3v) is 4.01. The summed E-state index contributed by atoms with van der Waals surface area (Å²) in [5.74, 6) is 3.10. The minimum absolute atomic E-state index is 0.0353. The van der Waals surface area contributed by atoms with E-state index in [1.54, 1.807) is 39.0 Å². The molecule has 30 heavy (non-hydrogen) atoms. The van der Waals surface area contributed by atoms with Gasteiger partial charge in [0.25, 0.3) is 0 Å². The number of furan rings is 1. The van der Waals surface area contributed by atoms with E-state index >= 15 is 0 Å². The number of alkyl carbamates (subject to hydrolysis) is 1. The Morgan fingerprint density at radius 2 is 2.07 bits per heavy atom. The average Bonchev–Trinajstić information content (AvgIpc) is 3.00. The van der Waals surface area contributed by atoms with Crippen LogP contribution >= 0.6 is 0 Å². The number of fused-ring (bicyclic) bond motifs is 1. The van der Waals surface area contributed by atoms with Crippen molar-refractivity contribution < 1.29 is 27.9 Å². The molecule has 0 fully saturated rings. The summed E-state index contributed by atoms with van der Waals surface area (Å²) >= 11 is 0. The fraction of sp³-hybridized carbons (Fsp3) is 0.409. The maximum atomic E-state index is 15.0. The number of carbonyl (C=O) groups excluding carboxylic acids is 2. The lowest BCUT2D eigenvalue weighted by atomic mass is 9.92. The molecule has 7 nitrogen and oxygen atoms in total. The first-order valence-electron chi connectivity index (χ1n) is 9.29. The van der Waals surface area contributed by atoms with Crippen LogP contribution in [0.1, 0.15) is 50.9 Å². The number of methoxy groups -OCH3 is 1. The predicted molar refractivity (Wildman–Crippen MR) is 107 cm³/mol. The van der Waals surface area contributed by atoms with Gasteiger partial charge in [0.1, 0.15) is 11.2 Å². The number of esters is 1. The summed E-state index contributed by atoms with van der Waals surface area (Å²) in [7, 11) is 1.27. The maximum absolute atomic E-state index is 15.0. The quantitative estimate of drug-likeness (QED) is 0.586. The lowest BCUT2D eigenvalue weighted by molar-refractivity contribution is -0.140. The standard InChI is InChI=1S/C22H23FN2O5/c1-22(2,3)30-21(27)25-12-6-9-17-20(23)19-15(7-5-8-16(19)29-17)14(13-24)10-11-18(26)28-4/h5,7-8,14H,10-12H2,1-4H3,(H,25,27). The highest BCUT2D eigenvalue weighted by Gasteiger charge is 2.22. The van der Waals surface area contributed by atoms with E-state index in [0.717, 1.165) is 0 Å². The largest absolute Gasteiger partial charge is 0.469 e. The second-order valence-electron chi connectivity index (χ2n) is 7.42. The number of nitrogens with zero attached hydrogens (tertiary/aromatic N) is 1. The zero-order chi connectivity index (χ0) is 22.3. The summed E-state index contributed by atoms with van der Waals surface area (Å²) in [6.07, 6.45) is -0.409. The first kappa shape index (κ1) is 22.8. The van der Waals surface area contributed by atoms with Crippen molar-refractivity contribution in [3.05, 3.63) is 35.3 Å². The SMILES string of the molecule is COC(=O)CCC(C#N)c1cccc2oc(C#CCNC(=O)OC(C)(C)C)c(F)c12. The molecule has 1 amide bonds. The smallest absolute Gasteiger partial charge is 0.408 e. The highest BCUT2D eigenvalue weighted by atomic mass is 19.1. The van der Waals surface area contributed by atoms with Crippen molar-refractivity contribution in [3.8, 4) is 17.9 Å². The van der Waals surface area contributed by atoms with Crippen LogP contribution in [-0.4, -0.2) is 31.3 Å². The Morgan fingerprint density at radius 3 is 2.70 bits per heavy atom. The molecule has 2 aromatic rings. The van der Waals surface area contributed by atoms with Crippen LogP contribution in [0.25, 0.3) is 11.0 Å². The zero-order valence-corrected chi connectivity index (χ0v) is 17.3. The molecule has 1 aromatic carbocycles. The molecule has 0 spiro atoms. The second-order valence-corrected chi connectivity index (χ2v) is 7.42. The van der Waals surface area contributed by atoms with Crippen molar-refractivity contribution in [2.24, 2.45) is 0 Å². The number of ether oxygens (including phenoxy) is 2. The van der Waals surface area contributed by atoms with Crippen molar-refractivity contribution in [2.45, 2.75) is 45.1 Å². The number of halogens is 1. The van der Waals surface area contributed by atoms with Crippen LogP contribution in [0.5, 0.6) is 0 Å². The Hall–Kier alpha value is -3.52. The summed E-state index contributed by atoms with van der Waals surface area (Å²) in [5, 5.41) is 12.1. The molecule has 1 heterocycles. The van der Waals surface area contributed by atoms with Gasteiger partial charge in [0.15, 0.2) is 5.82 Å². The maximum Gasteiger partial charge on any atom is 0.408 e. The molecule has 1 unspecified atom stereocenters. The third-order valence-electron chi connectivity index (χ3n) is 4.01. The molecule has 1 atom stereocenters. The molecule has 158 valence electrons. The van der Waals surface area contributed by atoms with Gasteiger partial charge in [-0.2, -0.15) is 5.26 Å². The number of hydrogen-bond donors (Lipinski definition) is 1. The summed E-state index contributed by atoms with van der Waals surface area (Å²) in [4.78, 5) is 23.0. The van der Waals surface area contributed by atoms with Gasteiger partial charge in [-0.1, -0.05) is 18.1 Å². The second kappa shape index (κ2) is 9.80. The summed E-state index contributed by atoms with van der Waals surface area (Å²) < 4.78 is 30.1. The fourth-order valence-electron chi connectivity index (χ4n) is 2.72. The molecule has 0 radical (unpaired) electrons. The molecule has 0 aliphatic heterocycles. The van der Waals surface area contributed by atoms with Crippen LogP contribution in [0, 0.1) is 29.0 Å². The monoisotopic (exact) mass is 414 g/mol. The molecule has 8 heteroatoms. The van der Waals surface area contributed by atoms with Crippen LogP contribution in [-0.2, 0) is 14.3 Å². The number of benzene rings is 1. The number of nitriles is 1. The van der Waals surface area contributed by atoms with Gasteiger partial charge in [0.05, 0.1) is 31.0 Å². The zero-order valence-electron chi connectivity index (χ0n) is 17.3. The molecule has 0 bridgehead atoms. The van der Waals surface area contributed by atoms with E-state index in [0.29, 0.717) is 5.56 Å². The van der Waals surface area contributed by atoms with E-state index in [-0.39, 0.29) is 36.1 Å². The van der Waals surface area contributed by atoms with Gasteiger partial charge in [-0.25, -0.2) is 9.18 Å². The summed E-state index contributed by atoms with van der Waals surface area (Å²) in [5.41, 5.74) is 0.0250. The lowest BCUT2D eigenvalue weighted by Crippen LogP contribution is -2.32. The average molecular weight is 414 g/mol. The Labute approximate surface area is 174 Å². The summed E-state index contributed by atoms with van der Waals surface area (Å²) in [6.45, 7) is 5.15. The van der Waals surface area contributed by atoms with Crippen molar-refractivity contribution in [1.29, 1.82) is 5.26 Å². The molecule has 2 rings (SSSR count). The molecular formula is C22H23FN2O5. The Morgan fingerprint density at radius 1 is 1.33 bits per heavy atom. The van der Waals surface area contributed by atoms with Crippen LogP contribution in [0.3, 0.4) is 0 Å². The van der Waals surface area contributed by atoms with E-state index in [1.165, 1.54) is 7.11 Å². The predicted octanol–water partition coefficient (Wildman–Crippen LogP) is 4.01. The molecule has 0 saturated carbocycles. The van der Waals surface area contributed by atoms with E-state index in [9.17, 15) is 19.2 Å². The highest BCUT2D eigenvalue weighted by Crippen LogP contribution is 2.33. The number of rotatable bonds is 5. The minimum Gasteiger partial charge on any atom is -0.469 e. The van der Waals surface area contributed by atoms with Crippen LogP contribution < -0.4 is 5.32 Å². The lowest BCUT2D eigenvalue weighted by Gasteiger charge is -2.18. The van der Waals surface area contributed by atoms with Crippen molar-refractivity contribution in [2.75, 3.05) is 13.7 Å². The van der Waals surface area contributed by atoms with Gasteiger partial charge < -0.3 is 19.2 Å². The van der Waals surface area contributed by atoms with E-state index in [1.807, 2.05) is 0 Å². The van der Waals surface area contributed by atoms with Crippen molar-refractivity contribution in [3.63, 3.8) is 0 Å². The Kier molecular flexibility index (Phi) is 7.43. The van der Waals surface area contributed by atoms with E-state index in [2.05, 4.69) is 28.0 Å². The van der Waals surface area contributed by atoms with Gasteiger partial charge in [-0.15, -0.1) is 0 Å². The first-order chi connectivity index (χ1) is 14.2. The first-order valence-corrected chi connectivity index (χ1v) is 9.29. The minimum atomic E-state index is -0.713. The molecule has 0 aliphatic carbocycles. The Balaban J connectivity index is 2.21. The normalized spacial score (nSPS) is 11.7. The van der Waals surface area contributed by atoms with Gasteiger partial charge in [0, 0.05) is 6.42 Å². The van der Waals surface area contributed by atoms with Gasteiger partial charge in [0.2, 0.25) is 5.76 Å². The number of amides is 1. The molecule has 0 saturated heterocycles. The van der Waals surface area contributed by atoms with Gasteiger partial charge in [-0.3, -0.25) is 4.79 Å². The molecular weight excluding hydrogens is 391 g/mol. The van der Waals surface area contributed by atoms with E-state index in [4.69, 9.17) is 9.15 Å². The highest BCUT2D eigenvalue weighted by molar-refractivity contribution is 5.84. The molecule has 0 aliphatic rings. The topological polar surface area (TPSA) is 102 Å². The number of carbonyl (C=O) groups is 2. The Bertz CT molecular complexity index is 1030. The van der Waals surface area contributed by atoms with Crippen LogP contribution in [0.15, 0.2) is 22.6 Å². The van der Waals surface area contributed by atoms with Crippen LogP contribution in [0.4, 0.5) is 9.18 Å². The van der Waals surface area contributed by atoms with E-state index < -0.39 is 29.4 Å². The van der Waals surface area contributed by atoms with Gasteiger partial charge >= 0.3 is 12.1 Å². The van der Waals surface area contributed by atoms with Crippen molar-refractivity contribution in [1.82, 2.24) is 5.32 Å².